The van der Waals surface area contributed by atoms with Crippen LogP contribution >= 0.6 is 0 Å². The maximum atomic E-state index is 11.5. The van der Waals surface area contributed by atoms with E-state index in [0.717, 1.165) is 6.92 Å². The van der Waals surface area contributed by atoms with Crippen LogP contribution in [-0.2, 0) is 14.3 Å². The highest BCUT2D eigenvalue weighted by Crippen LogP contribution is 2.01. The maximum Gasteiger partial charge on any atom is 0.302 e. The van der Waals surface area contributed by atoms with Crippen LogP contribution in [0.5, 0.6) is 0 Å². The summed E-state index contributed by atoms with van der Waals surface area (Å²) < 4.78 is 4.68. The van der Waals surface area contributed by atoms with Gasteiger partial charge in [-0.3, -0.25) is 9.59 Å². The number of azide groups is 1. The SMILES string of the molecule is CC(=O)OCC(NC(=O)C(O)N=[N+]=[N-])C(O)C=CC(C)O. The van der Waals surface area contributed by atoms with E-state index in [1.807, 2.05) is 0 Å². The van der Waals surface area contributed by atoms with Crippen LogP contribution in [-0.4, -0.2) is 58.3 Å². The highest BCUT2D eigenvalue weighted by Gasteiger charge is 2.24. The van der Waals surface area contributed by atoms with Crippen molar-refractivity contribution in [2.45, 2.75) is 38.3 Å². The van der Waals surface area contributed by atoms with Crippen molar-refractivity contribution < 1.29 is 29.6 Å². The Morgan fingerprint density at radius 1 is 1.38 bits per heavy atom. The summed E-state index contributed by atoms with van der Waals surface area (Å²) in [4.78, 5) is 24.5. The summed E-state index contributed by atoms with van der Waals surface area (Å²) in [5.41, 5.74) is 8.11. The van der Waals surface area contributed by atoms with E-state index in [1.165, 1.54) is 19.1 Å². The smallest absolute Gasteiger partial charge is 0.302 e. The lowest BCUT2D eigenvalue weighted by Gasteiger charge is -2.22. The number of rotatable bonds is 8. The van der Waals surface area contributed by atoms with Gasteiger partial charge in [-0.25, -0.2) is 0 Å². The van der Waals surface area contributed by atoms with Crippen LogP contribution in [0.15, 0.2) is 17.3 Å². The molecule has 0 heterocycles. The summed E-state index contributed by atoms with van der Waals surface area (Å²) in [7, 11) is 0. The van der Waals surface area contributed by atoms with E-state index in [0.29, 0.717) is 0 Å². The number of carbonyl (C=O) groups excluding carboxylic acids is 2. The van der Waals surface area contributed by atoms with E-state index in [9.17, 15) is 14.7 Å². The van der Waals surface area contributed by atoms with Crippen molar-refractivity contribution >= 4 is 11.9 Å². The van der Waals surface area contributed by atoms with Crippen LogP contribution < -0.4 is 5.32 Å². The maximum absolute atomic E-state index is 11.5. The molecule has 0 saturated heterocycles. The van der Waals surface area contributed by atoms with Gasteiger partial charge in [0.1, 0.15) is 6.61 Å². The molecule has 0 bridgehead atoms. The molecule has 10 nitrogen and oxygen atoms in total. The first-order valence-electron chi connectivity index (χ1n) is 5.98. The van der Waals surface area contributed by atoms with Gasteiger partial charge in [-0.05, 0) is 12.5 Å². The van der Waals surface area contributed by atoms with Crippen molar-refractivity contribution in [1.29, 1.82) is 0 Å². The molecule has 0 spiro atoms. The molecule has 4 atom stereocenters. The van der Waals surface area contributed by atoms with Gasteiger partial charge in [0.15, 0.2) is 0 Å². The van der Waals surface area contributed by atoms with Crippen molar-refractivity contribution in [2.75, 3.05) is 6.61 Å². The number of esters is 1. The Morgan fingerprint density at radius 2 is 2.00 bits per heavy atom. The average Bonchev–Trinajstić information content (AvgIpc) is 2.40. The van der Waals surface area contributed by atoms with Crippen LogP contribution in [0, 0.1) is 0 Å². The largest absolute Gasteiger partial charge is 0.464 e. The van der Waals surface area contributed by atoms with Gasteiger partial charge in [-0.15, -0.1) is 0 Å². The molecule has 0 aliphatic carbocycles. The molecule has 0 saturated carbocycles. The van der Waals surface area contributed by atoms with Gasteiger partial charge in [-0.1, -0.05) is 17.3 Å². The first-order chi connectivity index (χ1) is 9.77. The zero-order valence-electron chi connectivity index (χ0n) is 11.6. The molecule has 4 N–H and O–H groups in total. The molecule has 0 aromatic rings. The number of hydrogen-bond donors (Lipinski definition) is 4. The normalized spacial score (nSPS) is 16.4. The fraction of sp³-hybridized carbons (Fsp3) is 0.636. The Labute approximate surface area is 120 Å². The van der Waals surface area contributed by atoms with E-state index in [4.69, 9.17) is 15.7 Å². The standard InChI is InChI=1S/C11H18N4O6/c1-6(16)3-4-9(18)8(5-21-7(2)17)13-10(19)11(20)14-15-12/h3-4,6,8-9,11,16,18,20H,5H2,1-2H3,(H,13,19). The number of nitrogens with one attached hydrogen (secondary N) is 1. The van der Waals surface area contributed by atoms with Crippen molar-refractivity contribution in [3.8, 4) is 0 Å². The van der Waals surface area contributed by atoms with Gasteiger partial charge in [0.2, 0.25) is 6.23 Å². The van der Waals surface area contributed by atoms with Crippen LogP contribution in [0.4, 0.5) is 0 Å². The first-order valence-corrected chi connectivity index (χ1v) is 5.98. The van der Waals surface area contributed by atoms with Gasteiger partial charge >= 0.3 is 5.97 Å². The van der Waals surface area contributed by atoms with Gasteiger partial charge < -0.3 is 25.4 Å². The topological polar surface area (TPSA) is 165 Å². The number of ether oxygens (including phenoxy) is 1. The number of amides is 1. The predicted molar refractivity (Wildman–Crippen MR) is 70.5 cm³/mol. The van der Waals surface area contributed by atoms with Crippen LogP contribution in [0.25, 0.3) is 10.4 Å². The molecule has 10 heteroatoms. The summed E-state index contributed by atoms with van der Waals surface area (Å²) in [6, 6.07) is -1.08. The van der Waals surface area contributed by atoms with Crippen LogP contribution in [0.1, 0.15) is 13.8 Å². The van der Waals surface area contributed by atoms with E-state index >= 15 is 0 Å². The molecule has 118 valence electrons. The number of aliphatic hydroxyl groups excluding tert-OH is 3. The zero-order valence-corrected chi connectivity index (χ0v) is 11.6. The quantitative estimate of drug-likeness (QED) is 0.147. The summed E-state index contributed by atoms with van der Waals surface area (Å²) in [5, 5.41) is 33.0. The van der Waals surface area contributed by atoms with Crippen molar-refractivity contribution in [1.82, 2.24) is 5.32 Å². The minimum absolute atomic E-state index is 0.366. The Balaban J connectivity index is 4.83. The second-order valence-corrected chi connectivity index (χ2v) is 4.11. The summed E-state index contributed by atoms with van der Waals surface area (Å²) in [6.07, 6.45) is -1.62. The average molecular weight is 302 g/mol. The molecule has 0 aliphatic heterocycles. The van der Waals surface area contributed by atoms with Gasteiger partial charge in [0, 0.05) is 11.8 Å². The fourth-order valence-electron chi connectivity index (χ4n) is 1.20. The second-order valence-electron chi connectivity index (χ2n) is 4.11. The molecule has 1 amide bonds. The molecular formula is C11H18N4O6. The molecule has 4 unspecified atom stereocenters. The Kier molecular flexibility index (Phi) is 8.74. The molecule has 0 rings (SSSR count). The molecule has 0 radical (unpaired) electrons. The zero-order chi connectivity index (χ0) is 16.4. The molecule has 0 aliphatic rings. The Hall–Kier alpha value is -2.13. The monoisotopic (exact) mass is 302 g/mol. The third kappa shape index (κ3) is 8.60. The summed E-state index contributed by atoms with van der Waals surface area (Å²) in [5.74, 6) is -1.69. The minimum atomic E-state index is -1.97. The van der Waals surface area contributed by atoms with E-state index in [2.05, 4.69) is 20.1 Å². The molecule has 0 fully saturated rings. The number of nitrogens with zero attached hydrogens (tertiary/aromatic N) is 3. The van der Waals surface area contributed by atoms with Gasteiger partial charge in [0.05, 0.1) is 18.2 Å². The summed E-state index contributed by atoms with van der Waals surface area (Å²) in [6.45, 7) is 2.23. The Bertz CT molecular complexity index is 432. The highest BCUT2D eigenvalue weighted by atomic mass is 16.5. The Morgan fingerprint density at radius 3 is 2.48 bits per heavy atom. The number of hydrogen-bond acceptors (Lipinski definition) is 7. The second kappa shape index (κ2) is 9.72. The lowest BCUT2D eigenvalue weighted by atomic mass is 10.1. The van der Waals surface area contributed by atoms with Crippen molar-refractivity contribution in [3.05, 3.63) is 22.6 Å². The summed E-state index contributed by atoms with van der Waals surface area (Å²) >= 11 is 0. The van der Waals surface area contributed by atoms with Crippen LogP contribution in [0.3, 0.4) is 0 Å². The van der Waals surface area contributed by atoms with E-state index < -0.39 is 36.4 Å². The minimum Gasteiger partial charge on any atom is -0.464 e. The van der Waals surface area contributed by atoms with Gasteiger partial charge in [0.25, 0.3) is 5.91 Å². The van der Waals surface area contributed by atoms with Crippen LogP contribution in [0.2, 0.25) is 0 Å². The number of aliphatic hydroxyl groups is 3. The molecule has 0 aromatic carbocycles. The van der Waals surface area contributed by atoms with E-state index in [-0.39, 0.29) is 6.61 Å². The van der Waals surface area contributed by atoms with Crippen molar-refractivity contribution in [2.24, 2.45) is 5.11 Å². The van der Waals surface area contributed by atoms with Crippen molar-refractivity contribution in [3.63, 3.8) is 0 Å². The fourth-order valence-corrected chi connectivity index (χ4v) is 1.20. The molecule has 0 aromatic heterocycles. The highest BCUT2D eigenvalue weighted by molar-refractivity contribution is 5.80. The molecule has 21 heavy (non-hydrogen) atoms. The third-order valence-corrected chi connectivity index (χ3v) is 2.19. The van der Waals surface area contributed by atoms with E-state index in [1.54, 1.807) is 0 Å². The lowest BCUT2D eigenvalue weighted by Crippen LogP contribution is -2.49. The lowest BCUT2D eigenvalue weighted by molar-refractivity contribution is -0.144. The number of carbonyl (C=O) groups is 2. The first kappa shape index (κ1) is 18.9. The third-order valence-electron chi connectivity index (χ3n) is 2.19. The molecular weight excluding hydrogens is 284 g/mol. The predicted octanol–water partition coefficient (Wildman–Crippen LogP) is -1.04. The van der Waals surface area contributed by atoms with Gasteiger partial charge in [-0.2, -0.15) is 0 Å².